The summed E-state index contributed by atoms with van der Waals surface area (Å²) < 4.78 is 0. The minimum Gasteiger partial charge on any atom is -0.370 e. The van der Waals surface area contributed by atoms with Gasteiger partial charge in [-0.15, -0.1) is 11.3 Å². The van der Waals surface area contributed by atoms with Crippen LogP contribution in [0.2, 0.25) is 0 Å². The molecule has 5 heteroatoms. The van der Waals surface area contributed by atoms with Gasteiger partial charge < -0.3 is 15.5 Å². The van der Waals surface area contributed by atoms with E-state index in [1.165, 1.54) is 19.3 Å². The summed E-state index contributed by atoms with van der Waals surface area (Å²) >= 11 is 1.61. The SMILES string of the molecule is O=C1Nc2cscc2NC1CN1CCCCC1. The number of fused-ring (bicyclic) bond motifs is 1. The maximum Gasteiger partial charge on any atom is 0.248 e. The molecule has 0 spiro atoms. The molecule has 2 aliphatic rings. The molecular formula is C12H17N3OS. The van der Waals surface area contributed by atoms with Crippen LogP contribution in [0.25, 0.3) is 0 Å². The van der Waals surface area contributed by atoms with Gasteiger partial charge in [-0.1, -0.05) is 6.42 Å². The number of anilines is 2. The molecule has 2 N–H and O–H groups in total. The monoisotopic (exact) mass is 251 g/mol. The lowest BCUT2D eigenvalue weighted by molar-refractivity contribution is -0.117. The first-order valence-electron chi connectivity index (χ1n) is 6.19. The van der Waals surface area contributed by atoms with E-state index in [1.807, 2.05) is 5.38 Å². The molecular weight excluding hydrogens is 234 g/mol. The lowest BCUT2D eigenvalue weighted by Gasteiger charge is -2.32. The summed E-state index contributed by atoms with van der Waals surface area (Å²) in [4.78, 5) is 14.3. The predicted molar refractivity (Wildman–Crippen MR) is 70.7 cm³/mol. The summed E-state index contributed by atoms with van der Waals surface area (Å²) in [5.74, 6) is 0.0986. The molecule has 4 nitrogen and oxygen atoms in total. The molecule has 0 radical (unpaired) electrons. The molecule has 1 unspecified atom stereocenters. The summed E-state index contributed by atoms with van der Waals surface area (Å²) in [6.07, 6.45) is 3.85. The normalized spacial score (nSPS) is 24.9. The average Bonchev–Trinajstić information content (AvgIpc) is 2.78. The molecule has 1 atom stereocenters. The number of piperidine rings is 1. The Labute approximate surface area is 105 Å². The van der Waals surface area contributed by atoms with Crippen LogP contribution in [0.4, 0.5) is 11.4 Å². The third kappa shape index (κ3) is 2.30. The third-order valence-electron chi connectivity index (χ3n) is 3.46. The van der Waals surface area contributed by atoms with Crippen LogP contribution >= 0.6 is 11.3 Å². The Morgan fingerprint density at radius 2 is 2.00 bits per heavy atom. The number of hydrogen-bond acceptors (Lipinski definition) is 4. The molecule has 1 aromatic rings. The van der Waals surface area contributed by atoms with Gasteiger partial charge in [-0.2, -0.15) is 0 Å². The number of thiophene rings is 1. The Bertz CT molecular complexity index is 412. The van der Waals surface area contributed by atoms with Crippen LogP contribution in [0.15, 0.2) is 10.8 Å². The van der Waals surface area contributed by atoms with Gasteiger partial charge >= 0.3 is 0 Å². The van der Waals surface area contributed by atoms with Gasteiger partial charge in [0, 0.05) is 17.3 Å². The van der Waals surface area contributed by atoms with Crippen LogP contribution in [0.1, 0.15) is 19.3 Å². The van der Waals surface area contributed by atoms with Crippen molar-refractivity contribution in [1.82, 2.24) is 4.90 Å². The van der Waals surface area contributed by atoms with Crippen molar-refractivity contribution in [2.75, 3.05) is 30.3 Å². The zero-order chi connectivity index (χ0) is 11.7. The second-order valence-electron chi connectivity index (χ2n) is 4.75. The van der Waals surface area contributed by atoms with Crippen molar-refractivity contribution in [1.29, 1.82) is 0 Å². The highest BCUT2D eigenvalue weighted by atomic mass is 32.1. The molecule has 2 aliphatic heterocycles. The van der Waals surface area contributed by atoms with E-state index in [0.29, 0.717) is 0 Å². The second-order valence-corrected chi connectivity index (χ2v) is 5.49. The number of carbonyl (C=O) groups excluding carboxylic acids is 1. The Morgan fingerprint density at radius 1 is 1.24 bits per heavy atom. The van der Waals surface area contributed by atoms with Crippen molar-refractivity contribution >= 4 is 28.6 Å². The smallest absolute Gasteiger partial charge is 0.248 e. The number of carbonyl (C=O) groups is 1. The van der Waals surface area contributed by atoms with Crippen LogP contribution in [0, 0.1) is 0 Å². The lowest BCUT2D eigenvalue weighted by Crippen LogP contribution is -2.47. The number of hydrogen-bond donors (Lipinski definition) is 2. The molecule has 3 heterocycles. The first kappa shape index (κ1) is 11.0. The standard InChI is InChI=1S/C12H17N3OS/c16-12-9(6-15-4-2-1-3-5-15)13-10-7-17-8-11(10)14-12/h7-9,13H,1-6H2,(H,14,16). The average molecular weight is 251 g/mol. The van der Waals surface area contributed by atoms with Crippen molar-refractivity contribution in [3.63, 3.8) is 0 Å². The fraction of sp³-hybridized carbons (Fsp3) is 0.583. The van der Waals surface area contributed by atoms with Crippen LogP contribution in [-0.4, -0.2) is 36.5 Å². The topological polar surface area (TPSA) is 44.4 Å². The molecule has 1 saturated heterocycles. The largest absolute Gasteiger partial charge is 0.370 e. The zero-order valence-corrected chi connectivity index (χ0v) is 10.6. The summed E-state index contributed by atoms with van der Waals surface area (Å²) in [7, 11) is 0. The molecule has 92 valence electrons. The number of nitrogens with zero attached hydrogens (tertiary/aromatic N) is 1. The van der Waals surface area contributed by atoms with Gasteiger partial charge in [-0.05, 0) is 25.9 Å². The Hall–Kier alpha value is -1.07. The molecule has 1 fully saturated rings. The molecule has 0 aromatic carbocycles. The van der Waals surface area contributed by atoms with E-state index in [9.17, 15) is 4.79 Å². The highest BCUT2D eigenvalue weighted by Crippen LogP contribution is 2.30. The van der Waals surface area contributed by atoms with E-state index in [1.54, 1.807) is 11.3 Å². The van der Waals surface area contributed by atoms with E-state index in [0.717, 1.165) is 31.0 Å². The Morgan fingerprint density at radius 3 is 2.82 bits per heavy atom. The predicted octanol–water partition coefficient (Wildman–Crippen LogP) is 1.97. The molecule has 1 aromatic heterocycles. The van der Waals surface area contributed by atoms with Crippen molar-refractivity contribution in [2.45, 2.75) is 25.3 Å². The summed E-state index contributed by atoms with van der Waals surface area (Å²) in [6, 6.07) is -0.102. The molecule has 0 aliphatic carbocycles. The molecule has 0 saturated carbocycles. The van der Waals surface area contributed by atoms with Crippen LogP contribution in [-0.2, 0) is 4.79 Å². The zero-order valence-electron chi connectivity index (χ0n) is 9.74. The maximum absolute atomic E-state index is 11.9. The van der Waals surface area contributed by atoms with Gasteiger partial charge in [-0.25, -0.2) is 0 Å². The van der Waals surface area contributed by atoms with E-state index in [2.05, 4.69) is 20.9 Å². The number of amides is 1. The molecule has 17 heavy (non-hydrogen) atoms. The summed E-state index contributed by atoms with van der Waals surface area (Å²) in [5, 5.41) is 10.3. The minimum atomic E-state index is -0.102. The first-order valence-corrected chi connectivity index (χ1v) is 7.13. The maximum atomic E-state index is 11.9. The van der Waals surface area contributed by atoms with Gasteiger partial charge in [-0.3, -0.25) is 4.79 Å². The van der Waals surface area contributed by atoms with Crippen molar-refractivity contribution in [3.8, 4) is 0 Å². The van der Waals surface area contributed by atoms with Crippen LogP contribution < -0.4 is 10.6 Å². The second kappa shape index (κ2) is 4.66. The van der Waals surface area contributed by atoms with Gasteiger partial charge in [0.1, 0.15) is 6.04 Å². The van der Waals surface area contributed by atoms with Gasteiger partial charge in [0.25, 0.3) is 0 Å². The number of likely N-dealkylation sites (tertiary alicyclic amines) is 1. The Balaban J connectivity index is 1.66. The van der Waals surface area contributed by atoms with E-state index in [4.69, 9.17) is 0 Å². The first-order chi connectivity index (χ1) is 8.33. The minimum absolute atomic E-state index is 0.0986. The lowest BCUT2D eigenvalue weighted by atomic mass is 10.1. The van der Waals surface area contributed by atoms with E-state index < -0.39 is 0 Å². The Kier molecular flexibility index (Phi) is 3.03. The number of rotatable bonds is 2. The highest BCUT2D eigenvalue weighted by molar-refractivity contribution is 7.09. The fourth-order valence-corrected chi connectivity index (χ4v) is 3.23. The van der Waals surface area contributed by atoms with Crippen molar-refractivity contribution in [2.24, 2.45) is 0 Å². The number of nitrogens with one attached hydrogen (secondary N) is 2. The third-order valence-corrected chi connectivity index (χ3v) is 4.20. The van der Waals surface area contributed by atoms with Crippen LogP contribution in [0.5, 0.6) is 0 Å². The highest BCUT2D eigenvalue weighted by Gasteiger charge is 2.27. The summed E-state index contributed by atoms with van der Waals surface area (Å²) in [5.41, 5.74) is 1.99. The molecule has 3 rings (SSSR count). The molecule has 0 bridgehead atoms. The van der Waals surface area contributed by atoms with Gasteiger partial charge in [0.05, 0.1) is 11.4 Å². The fourth-order valence-electron chi connectivity index (χ4n) is 2.51. The van der Waals surface area contributed by atoms with Crippen LogP contribution in [0.3, 0.4) is 0 Å². The van der Waals surface area contributed by atoms with Crippen molar-refractivity contribution in [3.05, 3.63) is 10.8 Å². The van der Waals surface area contributed by atoms with Gasteiger partial charge in [0.2, 0.25) is 5.91 Å². The summed E-state index contributed by atoms with van der Waals surface area (Å²) in [6.45, 7) is 3.07. The van der Waals surface area contributed by atoms with Crippen molar-refractivity contribution < 1.29 is 4.79 Å². The molecule has 1 amide bonds. The quantitative estimate of drug-likeness (QED) is 0.844. The van der Waals surface area contributed by atoms with E-state index in [-0.39, 0.29) is 11.9 Å². The van der Waals surface area contributed by atoms with Gasteiger partial charge in [0.15, 0.2) is 0 Å². The van der Waals surface area contributed by atoms with E-state index >= 15 is 0 Å².